The van der Waals surface area contributed by atoms with Crippen molar-refractivity contribution in [1.82, 2.24) is 25.0 Å². The Morgan fingerprint density at radius 1 is 0.761 bits per heavy atom. The first-order chi connectivity index (χ1) is 32.2. The molecule has 0 bridgehead atoms. The number of halogens is 3. The number of nitrogens with one attached hydrogen (secondary N) is 2. The summed E-state index contributed by atoms with van der Waals surface area (Å²) < 4.78 is 40.5. The average molecular weight is 923 g/mol. The number of imide groups is 2. The van der Waals surface area contributed by atoms with E-state index in [0.717, 1.165) is 107 Å². The molecule has 6 aliphatic rings. The zero-order valence-electron chi connectivity index (χ0n) is 37.8. The summed E-state index contributed by atoms with van der Waals surface area (Å²) in [5, 5.41) is 14.3. The number of carbonyl (C=O) groups is 5. The molecule has 1 unspecified atom stereocenters. The molecule has 5 fully saturated rings. The Kier molecular flexibility index (Phi) is 13.3. The number of hydrogen-bond acceptors (Lipinski definition) is 12. The maximum Gasteiger partial charge on any atom is 0.417 e. The van der Waals surface area contributed by atoms with Crippen molar-refractivity contribution in [3.63, 3.8) is 0 Å². The fraction of sp³-hybridized carbons (Fsp3) is 0.531. The van der Waals surface area contributed by atoms with Crippen molar-refractivity contribution in [3.8, 4) is 6.07 Å². The predicted octanol–water partition coefficient (Wildman–Crippen LogP) is 5.37. The van der Waals surface area contributed by atoms with E-state index < -0.39 is 47.0 Å². The Balaban J connectivity index is 0.672. The van der Waals surface area contributed by atoms with Crippen LogP contribution in [0.3, 0.4) is 0 Å². The average Bonchev–Trinajstić information content (AvgIpc) is 3.57. The van der Waals surface area contributed by atoms with Crippen molar-refractivity contribution in [2.75, 3.05) is 92.0 Å². The number of nitrogens with zero attached hydrogens (tertiary/aromatic N) is 8. The first-order valence-corrected chi connectivity index (χ1v) is 23.7. The van der Waals surface area contributed by atoms with Crippen LogP contribution in [-0.2, 0) is 20.6 Å². The van der Waals surface area contributed by atoms with Gasteiger partial charge in [0.2, 0.25) is 17.7 Å². The van der Waals surface area contributed by atoms with E-state index in [9.17, 15) is 37.1 Å². The quantitative estimate of drug-likeness (QED) is 0.251. The van der Waals surface area contributed by atoms with E-state index in [-0.39, 0.29) is 24.7 Å². The summed E-state index contributed by atoms with van der Waals surface area (Å²) in [6, 6.07) is 14.1. The largest absolute Gasteiger partial charge is 0.417 e. The highest BCUT2D eigenvalue weighted by molar-refractivity contribution is 6.23. The Morgan fingerprint density at radius 3 is 2.00 bits per heavy atom. The molecule has 0 radical (unpaired) electrons. The van der Waals surface area contributed by atoms with Crippen LogP contribution in [0.5, 0.6) is 0 Å². The fourth-order valence-electron chi connectivity index (χ4n) is 10.9. The van der Waals surface area contributed by atoms with E-state index >= 15 is 0 Å². The number of benzene rings is 2. The van der Waals surface area contributed by atoms with Crippen LogP contribution >= 0.6 is 0 Å². The lowest BCUT2D eigenvalue weighted by Crippen LogP contribution is -2.54. The molecule has 5 saturated heterocycles. The maximum absolute atomic E-state index is 13.5. The van der Waals surface area contributed by atoms with E-state index in [0.29, 0.717) is 66.4 Å². The predicted molar refractivity (Wildman–Crippen MR) is 244 cm³/mol. The third kappa shape index (κ3) is 9.99. The molecule has 0 aliphatic carbocycles. The summed E-state index contributed by atoms with van der Waals surface area (Å²) in [5.74, 6) is -0.735. The second-order valence-corrected chi connectivity index (χ2v) is 19.1. The molecule has 3 aromatic rings. The van der Waals surface area contributed by atoms with E-state index in [4.69, 9.17) is 5.26 Å². The molecule has 9 rings (SSSR count). The Labute approximate surface area is 388 Å². The first-order valence-electron chi connectivity index (χ1n) is 23.7. The van der Waals surface area contributed by atoms with Gasteiger partial charge in [0.15, 0.2) is 0 Å². The van der Waals surface area contributed by atoms with Gasteiger partial charge in [0.1, 0.15) is 11.9 Å². The van der Waals surface area contributed by atoms with Crippen LogP contribution in [0.2, 0.25) is 0 Å². The summed E-state index contributed by atoms with van der Waals surface area (Å²) in [4.78, 5) is 81.1. The van der Waals surface area contributed by atoms with Gasteiger partial charge in [-0.1, -0.05) is 0 Å². The zero-order chi connectivity index (χ0) is 47.0. The Hall–Kier alpha value is -6.06. The number of pyridine rings is 1. The molecule has 2 atom stereocenters. The van der Waals surface area contributed by atoms with Gasteiger partial charge in [-0.3, -0.25) is 39.1 Å². The van der Waals surface area contributed by atoms with Crippen LogP contribution in [0.25, 0.3) is 0 Å². The standard InChI is InChI=1S/C49H57F3N10O5/c1-31-28-57(29-32-10-16-58(17-11-32)36-4-6-39-40(24-36)48(67)62(47(39)66)42-7-9-44(63)56-46(42)65)22-23-61(31)30-33-12-18-60(19-13-33)38-5-8-43(54-27-38)55-45(64)34-14-20-59(21-15-34)37-3-2-35(26-53)41(25-37)49(50,51)52/h2-6,8,24-25,27,31-34,42H,7,9-23,28-30H2,1H3,(H,54,55,64)(H,56,63,65)/t31-,42?/m1/s1. The second kappa shape index (κ2) is 19.3. The molecule has 67 heavy (non-hydrogen) atoms. The number of alkyl halides is 3. The van der Waals surface area contributed by atoms with E-state index in [1.807, 2.05) is 29.3 Å². The van der Waals surface area contributed by atoms with Gasteiger partial charge < -0.3 is 24.9 Å². The van der Waals surface area contributed by atoms with Gasteiger partial charge in [0, 0.05) is 102 Å². The van der Waals surface area contributed by atoms with E-state index in [2.05, 4.69) is 42.1 Å². The molecular formula is C49H57F3N10O5. The molecule has 2 N–H and O–H groups in total. The molecule has 15 nitrogen and oxygen atoms in total. The summed E-state index contributed by atoms with van der Waals surface area (Å²) in [6.07, 6.45) is 2.65. The van der Waals surface area contributed by atoms with Gasteiger partial charge >= 0.3 is 6.18 Å². The first kappa shape index (κ1) is 46.1. The number of nitriles is 1. The summed E-state index contributed by atoms with van der Waals surface area (Å²) >= 11 is 0. The molecule has 5 amide bonds. The minimum Gasteiger partial charge on any atom is -0.371 e. The Bertz CT molecular complexity index is 2420. The van der Waals surface area contributed by atoms with Crippen molar-refractivity contribution in [3.05, 3.63) is 77.0 Å². The van der Waals surface area contributed by atoms with Crippen LogP contribution < -0.4 is 25.3 Å². The lowest BCUT2D eigenvalue weighted by atomic mass is 9.93. The smallest absolute Gasteiger partial charge is 0.371 e. The van der Waals surface area contributed by atoms with Crippen molar-refractivity contribution >= 4 is 52.4 Å². The van der Waals surface area contributed by atoms with Gasteiger partial charge in [-0.05, 0) is 112 Å². The third-order valence-electron chi connectivity index (χ3n) is 14.9. The number of piperidine rings is 4. The SMILES string of the molecule is C[C@@H]1CN(CC2CCN(c3ccc4c(c3)C(=O)N(C3CCC(=O)NC3=O)C4=O)CC2)CCN1CC1CCN(c2ccc(NC(=O)C3CCN(c4ccc(C#N)c(C(F)(F)F)c4)CC3)nc2)CC1. The van der Waals surface area contributed by atoms with Crippen molar-refractivity contribution < 1.29 is 37.1 Å². The van der Waals surface area contributed by atoms with Gasteiger partial charge in [-0.25, -0.2) is 4.98 Å². The topological polar surface area (TPSA) is 166 Å². The molecule has 7 heterocycles. The van der Waals surface area contributed by atoms with Crippen LogP contribution in [-0.4, -0.2) is 133 Å². The Morgan fingerprint density at radius 2 is 1.37 bits per heavy atom. The number of rotatable bonds is 10. The van der Waals surface area contributed by atoms with Gasteiger partial charge in [-0.2, -0.15) is 18.4 Å². The number of anilines is 4. The number of amides is 5. The van der Waals surface area contributed by atoms with Crippen LogP contribution in [0, 0.1) is 29.1 Å². The highest BCUT2D eigenvalue weighted by Gasteiger charge is 2.45. The molecular weight excluding hydrogens is 866 g/mol. The summed E-state index contributed by atoms with van der Waals surface area (Å²) in [6.45, 7) is 12.1. The van der Waals surface area contributed by atoms with Gasteiger partial charge in [0.25, 0.3) is 11.8 Å². The second-order valence-electron chi connectivity index (χ2n) is 19.1. The van der Waals surface area contributed by atoms with E-state index in [1.165, 1.54) is 12.1 Å². The van der Waals surface area contributed by atoms with Crippen LogP contribution in [0.1, 0.15) is 90.1 Å². The summed E-state index contributed by atoms with van der Waals surface area (Å²) in [5.41, 5.74) is 1.58. The molecule has 18 heteroatoms. The van der Waals surface area contributed by atoms with Gasteiger partial charge in [-0.15, -0.1) is 0 Å². The summed E-state index contributed by atoms with van der Waals surface area (Å²) in [7, 11) is 0. The molecule has 0 spiro atoms. The maximum atomic E-state index is 13.5. The highest BCUT2D eigenvalue weighted by Crippen LogP contribution is 2.37. The zero-order valence-corrected chi connectivity index (χ0v) is 37.8. The highest BCUT2D eigenvalue weighted by atomic mass is 19.4. The minimum absolute atomic E-state index is 0.0895. The number of aromatic nitrogens is 1. The number of hydrogen-bond donors (Lipinski definition) is 2. The molecule has 0 saturated carbocycles. The number of piperazine rings is 1. The van der Waals surface area contributed by atoms with Crippen molar-refractivity contribution in [2.24, 2.45) is 17.8 Å². The van der Waals surface area contributed by atoms with E-state index in [1.54, 1.807) is 18.2 Å². The fourth-order valence-corrected chi connectivity index (χ4v) is 10.9. The van der Waals surface area contributed by atoms with Crippen molar-refractivity contribution in [1.29, 1.82) is 5.26 Å². The van der Waals surface area contributed by atoms with Crippen LogP contribution in [0.4, 0.5) is 36.1 Å². The van der Waals surface area contributed by atoms with Crippen molar-refractivity contribution in [2.45, 2.75) is 76.6 Å². The van der Waals surface area contributed by atoms with Crippen LogP contribution in [0.15, 0.2) is 54.7 Å². The number of fused-ring (bicyclic) bond motifs is 1. The lowest BCUT2D eigenvalue weighted by molar-refractivity contribution is -0.138. The molecule has 2 aromatic carbocycles. The lowest BCUT2D eigenvalue weighted by Gasteiger charge is -2.44. The van der Waals surface area contributed by atoms with Gasteiger partial charge in [0.05, 0.1) is 40.2 Å². The molecule has 1 aromatic heterocycles. The number of carbonyl (C=O) groups excluding carboxylic acids is 5. The third-order valence-corrected chi connectivity index (χ3v) is 14.9. The normalized spacial score (nSPS) is 23.1. The molecule has 354 valence electrons. The minimum atomic E-state index is -4.62. The molecule has 6 aliphatic heterocycles. The monoisotopic (exact) mass is 922 g/mol.